The Bertz CT molecular complexity index is 566. The molecule has 0 radical (unpaired) electrons. The maximum atomic E-state index is 11.7. The van der Waals surface area contributed by atoms with E-state index in [0.29, 0.717) is 29.6 Å². The molecule has 0 bridgehead atoms. The van der Waals surface area contributed by atoms with Gasteiger partial charge in [-0.2, -0.15) is 0 Å². The first-order chi connectivity index (χ1) is 9.63. The highest BCUT2D eigenvalue weighted by Crippen LogP contribution is 2.46. The molecule has 1 atom stereocenters. The van der Waals surface area contributed by atoms with Gasteiger partial charge < -0.3 is 9.84 Å². The van der Waals surface area contributed by atoms with Crippen LogP contribution >= 0.6 is 11.3 Å². The van der Waals surface area contributed by atoms with Gasteiger partial charge in [-0.3, -0.25) is 4.90 Å². The van der Waals surface area contributed by atoms with E-state index in [-0.39, 0.29) is 0 Å². The molecule has 6 heteroatoms. The molecule has 1 N–H and O–H groups in total. The van der Waals surface area contributed by atoms with Crippen LogP contribution in [0.4, 0.5) is 9.80 Å². The van der Waals surface area contributed by atoms with Gasteiger partial charge in [-0.1, -0.05) is 6.92 Å². The lowest BCUT2D eigenvalue weighted by molar-refractivity contribution is 0.0696. The van der Waals surface area contributed by atoms with Crippen molar-refractivity contribution in [2.24, 2.45) is 0 Å². The van der Waals surface area contributed by atoms with Gasteiger partial charge in [0.1, 0.15) is 11.6 Å². The third-order valence-electron chi connectivity index (χ3n) is 4.08. The van der Waals surface area contributed by atoms with E-state index < -0.39 is 12.1 Å². The quantitative estimate of drug-likeness (QED) is 0.929. The number of cyclic esters (lactones) is 1. The van der Waals surface area contributed by atoms with Gasteiger partial charge in [-0.05, 0) is 37.2 Å². The van der Waals surface area contributed by atoms with Crippen molar-refractivity contribution in [2.45, 2.75) is 38.5 Å². The van der Waals surface area contributed by atoms with Gasteiger partial charge in [-0.25, -0.2) is 9.59 Å². The molecule has 1 saturated heterocycles. The molecule has 1 aliphatic carbocycles. The minimum atomic E-state index is -0.933. The molecule has 1 fully saturated rings. The number of carboxylic acids is 1. The lowest BCUT2D eigenvalue weighted by Gasteiger charge is -2.22. The second-order valence-electron chi connectivity index (χ2n) is 5.19. The number of rotatable bonds is 3. The van der Waals surface area contributed by atoms with E-state index in [2.05, 4.69) is 6.92 Å². The molecule has 1 unspecified atom stereocenters. The van der Waals surface area contributed by atoms with E-state index in [1.165, 1.54) is 16.2 Å². The summed E-state index contributed by atoms with van der Waals surface area (Å²) < 4.78 is 4.94. The van der Waals surface area contributed by atoms with E-state index in [1.54, 1.807) is 0 Å². The number of hydrogen-bond acceptors (Lipinski definition) is 4. The van der Waals surface area contributed by atoms with E-state index >= 15 is 0 Å². The lowest BCUT2D eigenvalue weighted by Crippen LogP contribution is -2.24. The number of aryl methyl sites for hydroxylation is 1. The summed E-state index contributed by atoms with van der Waals surface area (Å²) in [5, 5.41) is 10.2. The molecule has 1 aliphatic heterocycles. The van der Waals surface area contributed by atoms with Crippen molar-refractivity contribution in [3.8, 4) is 0 Å². The Kier molecular flexibility index (Phi) is 3.41. The average Bonchev–Trinajstić information content (AvgIpc) is 3.00. The average molecular weight is 295 g/mol. The van der Waals surface area contributed by atoms with E-state index in [9.17, 15) is 14.7 Å². The third kappa shape index (κ3) is 1.98. The summed E-state index contributed by atoms with van der Waals surface area (Å²) in [4.78, 5) is 26.0. The largest absolute Gasteiger partial charge is 0.478 e. The lowest BCUT2D eigenvalue weighted by atomic mass is 9.83. The maximum Gasteiger partial charge on any atom is 0.415 e. The molecule has 1 amide bonds. The number of carbonyl (C=O) groups is 2. The van der Waals surface area contributed by atoms with Crippen molar-refractivity contribution >= 4 is 28.4 Å². The van der Waals surface area contributed by atoms with Crippen LogP contribution in [0.15, 0.2) is 0 Å². The second kappa shape index (κ2) is 5.09. The van der Waals surface area contributed by atoms with Crippen molar-refractivity contribution in [2.75, 3.05) is 18.1 Å². The number of aromatic carboxylic acids is 1. The number of carbonyl (C=O) groups excluding carboxylic acids is 1. The summed E-state index contributed by atoms with van der Waals surface area (Å²) in [7, 11) is 0. The minimum absolute atomic E-state index is 0.300. The van der Waals surface area contributed by atoms with E-state index in [4.69, 9.17) is 4.74 Å². The fourth-order valence-corrected chi connectivity index (χ4v) is 4.56. The highest BCUT2D eigenvalue weighted by molar-refractivity contribution is 7.17. The first kappa shape index (κ1) is 13.4. The van der Waals surface area contributed by atoms with Gasteiger partial charge in [-0.15, -0.1) is 11.3 Å². The van der Waals surface area contributed by atoms with Crippen molar-refractivity contribution < 1.29 is 19.4 Å². The molecule has 0 aromatic carbocycles. The van der Waals surface area contributed by atoms with Gasteiger partial charge in [0.05, 0.1) is 12.1 Å². The Hall–Kier alpha value is -1.56. The number of nitrogens with zero attached hydrogens (tertiary/aromatic N) is 1. The fraction of sp³-hybridized carbons (Fsp3) is 0.571. The normalized spacial score (nSPS) is 21.8. The molecule has 20 heavy (non-hydrogen) atoms. The second-order valence-corrected chi connectivity index (χ2v) is 6.27. The molecule has 3 rings (SSSR count). The van der Waals surface area contributed by atoms with Crippen LogP contribution in [0.2, 0.25) is 0 Å². The first-order valence-corrected chi connectivity index (χ1v) is 7.78. The van der Waals surface area contributed by atoms with Crippen LogP contribution in [0, 0.1) is 0 Å². The number of amides is 1. The molecule has 108 valence electrons. The SMILES string of the molecule is CCC1CCCc2sc(N3CCOC3=O)c(C(=O)O)c21. The van der Waals surface area contributed by atoms with Gasteiger partial charge in [0.25, 0.3) is 0 Å². The zero-order chi connectivity index (χ0) is 14.3. The van der Waals surface area contributed by atoms with E-state index in [1.807, 2.05) is 0 Å². The molecule has 0 spiro atoms. The van der Waals surface area contributed by atoms with Crippen molar-refractivity contribution in [3.05, 3.63) is 16.0 Å². The Morgan fingerprint density at radius 1 is 1.55 bits per heavy atom. The van der Waals surface area contributed by atoms with Gasteiger partial charge in [0.2, 0.25) is 0 Å². The van der Waals surface area contributed by atoms with Crippen LogP contribution < -0.4 is 4.90 Å². The topological polar surface area (TPSA) is 66.8 Å². The molecular weight excluding hydrogens is 278 g/mol. The number of hydrogen-bond donors (Lipinski definition) is 1. The van der Waals surface area contributed by atoms with Crippen molar-refractivity contribution in [3.63, 3.8) is 0 Å². The van der Waals surface area contributed by atoms with Crippen molar-refractivity contribution in [1.29, 1.82) is 0 Å². The number of thiophene rings is 1. The summed E-state index contributed by atoms with van der Waals surface area (Å²) in [6, 6.07) is 0. The predicted molar refractivity (Wildman–Crippen MR) is 75.9 cm³/mol. The smallest absolute Gasteiger partial charge is 0.415 e. The molecular formula is C14H17NO4S. The Labute approximate surface area is 121 Å². The molecule has 2 heterocycles. The zero-order valence-electron chi connectivity index (χ0n) is 11.3. The Balaban J connectivity index is 2.13. The van der Waals surface area contributed by atoms with Crippen LogP contribution in [0.3, 0.4) is 0 Å². The van der Waals surface area contributed by atoms with Gasteiger partial charge in [0.15, 0.2) is 0 Å². The molecule has 5 nitrogen and oxygen atoms in total. The molecule has 1 aromatic heterocycles. The van der Waals surface area contributed by atoms with Crippen LogP contribution in [0.25, 0.3) is 0 Å². The van der Waals surface area contributed by atoms with Crippen molar-refractivity contribution in [1.82, 2.24) is 0 Å². The summed E-state index contributed by atoms with van der Waals surface area (Å²) in [5.41, 5.74) is 1.29. The highest BCUT2D eigenvalue weighted by atomic mass is 32.1. The molecule has 2 aliphatic rings. The maximum absolute atomic E-state index is 11.7. The summed E-state index contributed by atoms with van der Waals surface area (Å²) in [6.45, 7) is 2.86. The minimum Gasteiger partial charge on any atom is -0.478 e. The zero-order valence-corrected chi connectivity index (χ0v) is 12.2. The summed E-state index contributed by atoms with van der Waals surface area (Å²) in [6.07, 6.45) is 3.55. The monoisotopic (exact) mass is 295 g/mol. The fourth-order valence-electron chi connectivity index (χ4n) is 3.13. The predicted octanol–water partition coefficient (Wildman–Crippen LogP) is 3.23. The number of carboxylic acid groups (broad SMARTS) is 1. The Morgan fingerprint density at radius 3 is 2.95 bits per heavy atom. The van der Waals surface area contributed by atoms with E-state index in [0.717, 1.165) is 36.1 Å². The van der Waals surface area contributed by atoms with Crippen LogP contribution in [0.5, 0.6) is 0 Å². The third-order valence-corrected chi connectivity index (χ3v) is 5.37. The Morgan fingerprint density at radius 2 is 2.35 bits per heavy atom. The van der Waals surface area contributed by atoms with Gasteiger partial charge >= 0.3 is 12.1 Å². The molecule has 1 aromatic rings. The summed E-state index contributed by atoms with van der Waals surface area (Å²) in [5.74, 6) is -0.633. The highest BCUT2D eigenvalue weighted by Gasteiger charge is 2.36. The number of fused-ring (bicyclic) bond motifs is 1. The standard InChI is InChI=1S/C14H17NO4S/c1-2-8-4-3-5-9-10(8)11(13(16)17)12(20-9)15-6-7-19-14(15)18/h8H,2-7H2,1H3,(H,16,17). The van der Waals surface area contributed by atoms with Crippen LogP contribution in [0.1, 0.15) is 52.9 Å². The number of anilines is 1. The summed E-state index contributed by atoms with van der Waals surface area (Å²) >= 11 is 1.45. The number of ether oxygens (including phenoxy) is 1. The van der Waals surface area contributed by atoms with Crippen LogP contribution in [-0.4, -0.2) is 30.3 Å². The first-order valence-electron chi connectivity index (χ1n) is 6.96. The van der Waals surface area contributed by atoms with Crippen LogP contribution in [-0.2, 0) is 11.2 Å². The van der Waals surface area contributed by atoms with Gasteiger partial charge in [0, 0.05) is 4.88 Å². The molecule has 0 saturated carbocycles.